The largest absolute Gasteiger partial charge is 0.310 e. The summed E-state index contributed by atoms with van der Waals surface area (Å²) < 4.78 is 27.6. The zero-order chi connectivity index (χ0) is 12.5. The van der Waals surface area contributed by atoms with E-state index in [9.17, 15) is 8.78 Å². The van der Waals surface area contributed by atoms with Crippen LogP contribution in [0.5, 0.6) is 0 Å². The standard InChI is InChI=1S/C14H19F2N/c1-14(2,16)10-6-7-12(15)11(9-10)13-5-3-4-8-17-13/h6-7,9,13,17H,3-5,8H2,1-2H3. The molecule has 0 spiro atoms. The van der Waals surface area contributed by atoms with Crippen molar-refractivity contribution in [1.29, 1.82) is 0 Å². The minimum absolute atomic E-state index is 0.0334. The average Bonchev–Trinajstić information content (AvgIpc) is 2.29. The van der Waals surface area contributed by atoms with Gasteiger partial charge >= 0.3 is 0 Å². The van der Waals surface area contributed by atoms with Crippen LogP contribution in [0.1, 0.15) is 50.3 Å². The van der Waals surface area contributed by atoms with Crippen molar-refractivity contribution in [2.75, 3.05) is 6.54 Å². The van der Waals surface area contributed by atoms with E-state index in [0.29, 0.717) is 11.1 Å². The van der Waals surface area contributed by atoms with Crippen molar-refractivity contribution in [1.82, 2.24) is 5.32 Å². The van der Waals surface area contributed by atoms with E-state index in [4.69, 9.17) is 0 Å². The Kier molecular flexibility index (Phi) is 3.48. The summed E-state index contributed by atoms with van der Waals surface area (Å²) in [5.74, 6) is -0.239. The van der Waals surface area contributed by atoms with Gasteiger partial charge in [-0.05, 0) is 50.9 Å². The molecule has 0 saturated carbocycles. The van der Waals surface area contributed by atoms with Gasteiger partial charge in [-0.2, -0.15) is 0 Å². The van der Waals surface area contributed by atoms with E-state index in [1.807, 2.05) is 0 Å². The number of rotatable bonds is 2. The molecule has 1 aliphatic heterocycles. The second-order valence-corrected chi connectivity index (χ2v) is 5.21. The van der Waals surface area contributed by atoms with Crippen molar-refractivity contribution in [3.63, 3.8) is 0 Å². The number of hydrogen-bond acceptors (Lipinski definition) is 1. The predicted octanol–water partition coefficient (Wildman–Crippen LogP) is 3.84. The first kappa shape index (κ1) is 12.5. The molecule has 0 amide bonds. The van der Waals surface area contributed by atoms with Gasteiger partial charge in [-0.3, -0.25) is 0 Å². The maximum atomic E-state index is 13.9. The lowest BCUT2D eigenvalue weighted by atomic mass is 9.92. The van der Waals surface area contributed by atoms with E-state index in [2.05, 4.69) is 5.32 Å². The van der Waals surface area contributed by atoms with Crippen LogP contribution in [0.3, 0.4) is 0 Å². The Morgan fingerprint density at radius 3 is 2.65 bits per heavy atom. The van der Waals surface area contributed by atoms with Gasteiger partial charge in [0.05, 0.1) is 0 Å². The Labute approximate surface area is 101 Å². The van der Waals surface area contributed by atoms with Gasteiger partial charge in [0.15, 0.2) is 0 Å². The monoisotopic (exact) mass is 239 g/mol. The van der Waals surface area contributed by atoms with Gasteiger partial charge in [0.25, 0.3) is 0 Å². The second-order valence-electron chi connectivity index (χ2n) is 5.21. The molecule has 2 rings (SSSR count). The second kappa shape index (κ2) is 4.73. The molecule has 1 unspecified atom stereocenters. The average molecular weight is 239 g/mol. The van der Waals surface area contributed by atoms with Crippen LogP contribution in [-0.4, -0.2) is 6.54 Å². The molecule has 1 atom stereocenters. The lowest BCUT2D eigenvalue weighted by Crippen LogP contribution is -2.28. The predicted molar refractivity (Wildman–Crippen MR) is 65.1 cm³/mol. The maximum Gasteiger partial charge on any atom is 0.130 e. The summed E-state index contributed by atoms with van der Waals surface area (Å²) in [6, 6.07) is 4.61. The molecule has 1 aromatic rings. The molecule has 94 valence electrons. The molecule has 0 radical (unpaired) electrons. The third-order valence-corrected chi connectivity index (χ3v) is 3.37. The van der Waals surface area contributed by atoms with Crippen LogP contribution >= 0.6 is 0 Å². The zero-order valence-corrected chi connectivity index (χ0v) is 10.4. The van der Waals surface area contributed by atoms with Gasteiger partial charge in [0.2, 0.25) is 0 Å². The number of piperidine rings is 1. The third kappa shape index (κ3) is 2.83. The number of benzene rings is 1. The summed E-state index contributed by atoms with van der Waals surface area (Å²) in [7, 11) is 0. The van der Waals surface area contributed by atoms with E-state index in [1.165, 1.54) is 26.0 Å². The first-order chi connectivity index (χ1) is 7.98. The van der Waals surface area contributed by atoms with Gasteiger partial charge in [0, 0.05) is 11.6 Å². The Morgan fingerprint density at radius 1 is 1.29 bits per heavy atom. The highest BCUT2D eigenvalue weighted by Gasteiger charge is 2.23. The quantitative estimate of drug-likeness (QED) is 0.826. The van der Waals surface area contributed by atoms with Crippen molar-refractivity contribution in [2.24, 2.45) is 0 Å². The summed E-state index contributed by atoms with van der Waals surface area (Å²) in [6.45, 7) is 3.91. The Hall–Kier alpha value is -0.960. The summed E-state index contributed by atoms with van der Waals surface area (Å²) in [5, 5.41) is 3.29. The minimum Gasteiger partial charge on any atom is -0.310 e. The van der Waals surface area contributed by atoms with Crippen LogP contribution in [0, 0.1) is 5.82 Å². The van der Waals surface area contributed by atoms with Crippen LogP contribution < -0.4 is 5.32 Å². The fourth-order valence-electron chi connectivity index (χ4n) is 2.30. The van der Waals surface area contributed by atoms with Gasteiger partial charge in [-0.25, -0.2) is 8.78 Å². The number of nitrogens with one attached hydrogen (secondary N) is 1. The number of halogens is 2. The first-order valence-corrected chi connectivity index (χ1v) is 6.21. The van der Waals surface area contributed by atoms with E-state index >= 15 is 0 Å². The molecular weight excluding hydrogens is 220 g/mol. The fourth-order valence-corrected chi connectivity index (χ4v) is 2.30. The molecule has 17 heavy (non-hydrogen) atoms. The lowest BCUT2D eigenvalue weighted by molar-refractivity contribution is 0.221. The molecule has 1 heterocycles. The van der Waals surface area contributed by atoms with Crippen LogP contribution in [-0.2, 0) is 5.67 Å². The van der Waals surface area contributed by atoms with Crippen molar-refractivity contribution in [3.05, 3.63) is 35.1 Å². The summed E-state index contributed by atoms with van der Waals surface area (Å²) in [6.07, 6.45) is 3.15. The van der Waals surface area contributed by atoms with E-state index in [1.54, 1.807) is 6.07 Å². The fraction of sp³-hybridized carbons (Fsp3) is 0.571. The van der Waals surface area contributed by atoms with E-state index < -0.39 is 5.67 Å². The molecule has 3 heteroatoms. The van der Waals surface area contributed by atoms with Crippen molar-refractivity contribution in [3.8, 4) is 0 Å². The Morgan fingerprint density at radius 2 is 2.06 bits per heavy atom. The molecular formula is C14H19F2N. The SMILES string of the molecule is CC(C)(F)c1ccc(F)c(C2CCCCN2)c1. The molecule has 0 bridgehead atoms. The number of hydrogen-bond donors (Lipinski definition) is 1. The van der Waals surface area contributed by atoms with Crippen molar-refractivity contribution >= 4 is 0 Å². The van der Waals surface area contributed by atoms with Crippen molar-refractivity contribution in [2.45, 2.75) is 44.8 Å². The topological polar surface area (TPSA) is 12.0 Å². The maximum absolute atomic E-state index is 13.9. The summed E-state index contributed by atoms with van der Waals surface area (Å²) >= 11 is 0. The zero-order valence-electron chi connectivity index (χ0n) is 10.4. The molecule has 1 saturated heterocycles. The number of alkyl halides is 1. The molecule has 1 fully saturated rings. The molecule has 0 aliphatic carbocycles. The lowest BCUT2D eigenvalue weighted by Gasteiger charge is -2.25. The minimum atomic E-state index is -1.42. The van der Waals surface area contributed by atoms with Crippen molar-refractivity contribution < 1.29 is 8.78 Å². The Bertz CT molecular complexity index is 390. The highest BCUT2D eigenvalue weighted by atomic mass is 19.1. The van der Waals surface area contributed by atoms with Gasteiger partial charge in [-0.15, -0.1) is 0 Å². The molecule has 1 aliphatic rings. The van der Waals surface area contributed by atoms with Crippen LogP contribution in [0.15, 0.2) is 18.2 Å². The Balaban J connectivity index is 2.31. The van der Waals surface area contributed by atoms with Crippen LogP contribution in [0.2, 0.25) is 0 Å². The van der Waals surface area contributed by atoms with Gasteiger partial charge in [-0.1, -0.05) is 12.5 Å². The van der Waals surface area contributed by atoms with Gasteiger partial charge < -0.3 is 5.32 Å². The summed E-state index contributed by atoms with van der Waals surface area (Å²) in [5.41, 5.74) is -0.272. The van der Waals surface area contributed by atoms with Gasteiger partial charge in [0.1, 0.15) is 11.5 Å². The highest BCUT2D eigenvalue weighted by Crippen LogP contribution is 2.31. The molecule has 1 N–H and O–H groups in total. The van der Waals surface area contributed by atoms with E-state index in [-0.39, 0.29) is 11.9 Å². The van der Waals surface area contributed by atoms with E-state index in [0.717, 1.165) is 25.8 Å². The smallest absolute Gasteiger partial charge is 0.130 e. The molecule has 0 aromatic heterocycles. The molecule has 1 aromatic carbocycles. The summed E-state index contributed by atoms with van der Waals surface area (Å²) in [4.78, 5) is 0. The van der Waals surface area contributed by atoms with Crippen LogP contribution in [0.25, 0.3) is 0 Å². The normalized spacial score (nSPS) is 21.5. The highest BCUT2D eigenvalue weighted by molar-refractivity contribution is 5.31. The molecule has 1 nitrogen and oxygen atoms in total. The third-order valence-electron chi connectivity index (χ3n) is 3.37. The van der Waals surface area contributed by atoms with Crippen LogP contribution in [0.4, 0.5) is 8.78 Å². The first-order valence-electron chi connectivity index (χ1n) is 6.21.